The van der Waals surface area contributed by atoms with Gasteiger partial charge >= 0.3 is 5.97 Å². The van der Waals surface area contributed by atoms with Gasteiger partial charge in [-0.05, 0) is 36.8 Å². The highest BCUT2D eigenvalue weighted by Gasteiger charge is 2.35. The van der Waals surface area contributed by atoms with Gasteiger partial charge in [0.2, 0.25) is 0 Å². The predicted molar refractivity (Wildman–Crippen MR) is 105 cm³/mol. The Labute approximate surface area is 178 Å². The minimum Gasteiger partial charge on any atom is -0.456 e. The molecule has 156 valence electrons. The lowest BCUT2D eigenvalue weighted by molar-refractivity contribution is -0.147. The fourth-order valence-corrected chi connectivity index (χ4v) is 3.21. The zero-order valence-electron chi connectivity index (χ0n) is 15.4. The number of halogens is 3. The van der Waals surface area contributed by atoms with Crippen LogP contribution in [0.25, 0.3) is 0 Å². The van der Waals surface area contributed by atoms with E-state index in [2.05, 4.69) is 21.2 Å². The number of hydrogen-bond acceptors (Lipinski definition) is 5. The van der Waals surface area contributed by atoms with Gasteiger partial charge in [-0.3, -0.25) is 24.1 Å². The number of nitrogens with zero attached hydrogens (tertiary/aromatic N) is 1. The minimum absolute atomic E-state index is 0.0137. The van der Waals surface area contributed by atoms with E-state index in [0.29, 0.717) is 15.6 Å². The number of anilines is 1. The van der Waals surface area contributed by atoms with Gasteiger partial charge in [0.25, 0.3) is 17.7 Å². The highest BCUT2D eigenvalue weighted by atomic mass is 79.9. The maximum atomic E-state index is 13.5. The summed E-state index contributed by atoms with van der Waals surface area (Å²) in [5.41, 5.74) is 0.221. The zero-order valence-corrected chi connectivity index (χ0v) is 17.0. The molecule has 0 unspecified atom stereocenters. The molecule has 3 rings (SSSR count). The minimum atomic E-state index is -0.834. The van der Waals surface area contributed by atoms with Gasteiger partial charge in [-0.2, -0.15) is 0 Å². The standard InChI is InChI=1S/C20H15BrF2N2O5/c21-11-3-5-13-14(8-11)20(29)25(19(13)28)7-1-2-18(27)30-10-17(26)24-16-9-12(22)4-6-15(16)23/h3-6,8-9H,1-2,7,10H2,(H,24,26). The van der Waals surface area contributed by atoms with Crippen molar-refractivity contribution in [2.75, 3.05) is 18.5 Å². The Kier molecular flexibility index (Phi) is 6.56. The topological polar surface area (TPSA) is 92.8 Å². The molecule has 1 N–H and O–H groups in total. The summed E-state index contributed by atoms with van der Waals surface area (Å²) in [7, 11) is 0. The lowest BCUT2D eigenvalue weighted by Crippen LogP contribution is -2.31. The van der Waals surface area contributed by atoms with Crippen molar-refractivity contribution < 1.29 is 32.7 Å². The van der Waals surface area contributed by atoms with E-state index < -0.39 is 41.9 Å². The van der Waals surface area contributed by atoms with Gasteiger partial charge in [0.05, 0.1) is 16.8 Å². The van der Waals surface area contributed by atoms with E-state index >= 15 is 0 Å². The summed E-state index contributed by atoms with van der Waals surface area (Å²) in [5, 5.41) is 2.10. The fraction of sp³-hybridized carbons (Fsp3) is 0.200. The molecule has 7 nitrogen and oxygen atoms in total. The lowest BCUT2D eigenvalue weighted by atomic mass is 10.1. The van der Waals surface area contributed by atoms with Crippen molar-refractivity contribution in [1.29, 1.82) is 0 Å². The molecule has 1 heterocycles. The van der Waals surface area contributed by atoms with Crippen LogP contribution >= 0.6 is 15.9 Å². The molecule has 0 saturated carbocycles. The first kappa shape index (κ1) is 21.6. The smallest absolute Gasteiger partial charge is 0.306 e. The maximum absolute atomic E-state index is 13.5. The molecule has 0 bridgehead atoms. The second-order valence-electron chi connectivity index (χ2n) is 6.39. The van der Waals surface area contributed by atoms with Crippen molar-refractivity contribution in [3.05, 3.63) is 63.6 Å². The second-order valence-corrected chi connectivity index (χ2v) is 7.30. The summed E-state index contributed by atoms with van der Waals surface area (Å²) in [6.07, 6.45) is 0.00429. The van der Waals surface area contributed by atoms with Gasteiger partial charge in [-0.25, -0.2) is 8.78 Å². The molecule has 0 aromatic heterocycles. The van der Waals surface area contributed by atoms with Gasteiger partial charge in [0, 0.05) is 23.5 Å². The third-order valence-corrected chi connectivity index (χ3v) is 4.76. The van der Waals surface area contributed by atoms with E-state index in [-0.39, 0.29) is 25.1 Å². The number of ether oxygens (including phenoxy) is 1. The average Bonchev–Trinajstić information content (AvgIpc) is 2.93. The van der Waals surface area contributed by atoms with Crippen LogP contribution in [0.15, 0.2) is 40.9 Å². The van der Waals surface area contributed by atoms with Crippen molar-refractivity contribution in [3.63, 3.8) is 0 Å². The predicted octanol–water partition coefficient (Wildman–Crippen LogP) is 3.29. The number of carbonyl (C=O) groups is 4. The quantitative estimate of drug-likeness (QED) is 0.484. The molecule has 0 saturated heterocycles. The molecule has 30 heavy (non-hydrogen) atoms. The summed E-state index contributed by atoms with van der Waals surface area (Å²) < 4.78 is 32.0. The van der Waals surface area contributed by atoms with Crippen LogP contribution in [0.3, 0.4) is 0 Å². The highest BCUT2D eigenvalue weighted by molar-refractivity contribution is 9.10. The summed E-state index contributed by atoms with van der Waals surface area (Å²) in [6, 6.07) is 7.33. The molecule has 0 atom stereocenters. The molecular weight excluding hydrogens is 466 g/mol. The lowest BCUT2D eigenvalue weighted by Gasteiger charge is -2.13. The molecule has 0 aliphatic carbocycles. The van der Waals surface area contributed by atoms with Crippen LogP contribution in [0.2, 0.25) is 0 Å². The first-order chi connectivity index (χ1) is 14.3. The third kappa shape index (κ3) is 4.88. The molecule has 0 radical (unpaired) electrons. The Morgan fingerprint density at radius 2 is 1.77 bits per heavy atom. The maximum Gasteiger partial charge on any atom is 0.306 e. The molecule has 1 aliphatic rings. The van der Waals surface area contributed by atoms with E-state index in [4.69, 9.17) is 4.74 Å². The van der Waals surface area contributed by atoms with Gasteiger partial charge < -0.3 is 10.1 Å². The summed E-state index contributed by atoms with van der Waals surface area (Å²) in [6.45, 7) is -0.671. The van der Waals surface area contributed by atoms with Crippen LogP contribution in [0, 0.1) is 11.6 Å². The Morgan fingerprint density at radius 3 is 2.53 bits per heavy atom. The van der Waals surface area contributed by atoms with Crippen LogP contribution in [0.5, 0.6) is 0 Å². The number of nitrogens with one attached hydrogen (secondary N) is 1. The van der Waals surface area contributed by atoms with Crippen LogP contribution < -0.4 is 5.32 Å². The molecule has 2 aromatic rings. The summed E-state index contributed by atoms with van der Waals surface area (Å²) in [5.74, 6) is -4.01. The van der Waals surface area contributed by atoms with Crippen LogP contribution in [-0.2, 0) is 14.3 Å². The van der Waals surface area contributed by atoms with E-state index in [9.17, 15) is 28.0 Å². The molecule has 1 aliphatic heterocycles. The largest absolute Gasteiger partial charge is 0.456 e. The average molecular weight is 481 g/mol. The third-order valence-electron chi connectivity index (χ3n) is 4.26. The van der Waals surface area contributed by atoms with E-state index in [1.54, 1.807) is 18.2 Å². The van der Waals surface area contributed by atoms with E-state index in [1.807, 2.05) is 0 Å². The van der Waals surface area contributed by atoms with Gasteiger partial charge in [0.1, 0.15) is 11.6 Å². The molecule has 3 amide bonds. The number of hydrogen-bond donors (Lipinski definition) is 1. The Balaban J connectivity index is 1.43. The number of benzene rings is 2. The van der Waals surface area contributed by atoms with Gasteiger partial charge in [0.15, 0.2) is 6.61 Å². The van der Waals surface area contributed by atoms with Crippen LogP contribution in [-0.4, -0.2) is 41.7 Å². The number of imide groups is 1. The number of amides is 3. The number of esters is 1. The summed E-state index contributed by atoms with van der Waals surface area (Å²) >= 11 is 3.25. The fourth-order valence-electron chi connectivity index (χ4n) is 2.85. The number of carbonyl (C=O) groups excluding carboxylic acids is 4. The first-order valence-electron chi connectivity index (χ1n) is 8.82. The van der Waals surface area contributed by atoms with Crippen molar-refractivity contribution >= 4 is 45.3 Å². The van der Waals surface area contributed by atoms with Crippen molar-refractivity contribution in [1.82, 2.24) is 4.90 Å². The Bertz CT molecular complexity index is 1040. The van der Waals surface area contributed by atoms with Gasteiger partial charge in [-0.15, -0.1) is 0 Å². The van der Waals surface area contributed by atoms with E-state index in [0.717, 1.165) is 23.1 Å². The molecule has 0 fully saturated rings. The Morgan fingerprint density at radius 1 is 1.03 bits per heavy atom. The molecule has 2 aromatic carbocycles. The second kappa shape index (κ2) is 9.12. The monoisotopic (exact) mass is 480 g/mol. The van der Waals surface area contributed by atoms with Crippen molar-refractivity contribution in [3.8, 4) is 0 Å². The van der Waals surface area contributed by atoms with Crippen LogP contribution in [0.1, 0.15) is 33.6 Å². The zero-order chi connectivity index (χ0) is 21.8. The van der Waals surface area contributed by atoms with E-state index in [1.165, 1.54) is 0 Å². The van der Waals surface area contributed by atoms with Crippen molar-refractivity contribution in [2.45, 2.75) is 12.8 Å². The molecule has 0 spiro atoms. The van der Waals surface area contributed by atoms with Crippen molar-refractivity contribution in [2.24, 2.45) is 0 Å². The number of fused-ring (bicyclic) bond motifs is 1. The van der Waals surface area contributed by atoms with Crippen LogP contribution in [0.4, 0.5) is 14.5 Å². The molecular formula is C20H15BrF2N2O5. The first-order valence-corrected chi connectivity index (χ1v) is 9.62. The Hall–Kier alpha value is -3.14. The SMILES string of the molecule is O=C(COC(=O)CCCN1C(=O)c2ccc(Br)cc2C1=O)Nc1cc(F)ccc1F. The highest BCUT2D eigenvalue weighted by Crippen LogP contribution is 2.26. The summed E-state index contributed by atoms with van der Waals surface area (Å²) in [4.78, 5) is 49.2. The number of rotatable bonds is 7. The normalized spacial score (nSPS) is 12.7. The molecule has 10 heteroatoms. The van der Waals surface area contributed by atoms with Gasteiger partial charge in [-0.1, -0.05) is 15.9 Å².